The fourth-order valence-corrected chi connectivity index (χ4v) is 3.04. The number of nitrogens with one attached hydrogen (secondary N) is 1. The van der Waals surface area contributed by atoms with Gasteiger partial charge >= 0.3 is 0 Å². The molecule has 94 valence electrons. The summed E-state index contributed by atoms with van der Waals surface area (Å²) >= 11 is 10.8. The first-order valence-electron chi connectivity index (χ1n) is 4.97. The first-order valence-corrected chi connectivity index (χ1v) is 7.02. The Labute approximate surface area is 121 Å². The van der Waals surface area contributed by atoms with Crippen LogP contribution in [0.1, 0.15) is 4.88 Å². The normalized spacial score (nSPS) is 10.3. The largest absolute Gasteiger partial charge is 0.380 e. The highest BCUT2D eigenvalue weighted by Crippen LogP contribution is 2.28. The van der Waals surface area contributed by atoms with Gasteiger partial charge in [0.2, 0.25) is 0 Å². The smallest absolute Gasteiger partial charge is 0.288 e. The van der Waals surface area contributed by atoms with Crippen molar-refractivity contribution < 1.29 is 4.92 Å². The summed E-state index contributed by atoms with van der Waals surface area (Å²) in [5.74, 6) is 0. The molecule has 1 aromatic carbocycles. The lowest BCUT2D eigenvalue weighted by Gasteiger charge is -2.05. The number of thiophene rings is 1. The zero-order valence-electron chi connectivity index (χ0n) is 9.02. The lowest BCUT2D eigenvalue weighted by atomic mass is 10.3. The quantitative estimate of drug-likeness (QED) is 0.645. The maximum Gasteiger partial charge on any atom is 0.288 e. The highest BCUT2D eigenvalue weighted by atomic mass is 79.9. The van der Waals surface area contributed by atoms with Gasteiger partial charge < -0.3 is 5.32 Å². The van der Waals surface area contributed by atoms with Crippen molar-refractivity contribution in [3.05, 3.63) is 54.1 Å². The molecule has 0 unspecified atom stereocenters. The third-order valence-electron chi connectivity index (χ3n) is 2.23. The molecule has 0 atom stereocenters. The molecule has 0 bridgehead atoms. The molecule has 1 aromatic heterocycles. The van der Waals surface area contributed by atoms with Gasteiger partial charge in [0, 0.05) is 33.0 Å². The summed E-state index contributed by atoms with van der Waals surface area (Å²) < 4.78 is 1.05. The van der Waals surface area contributed by atoms with E-state index in [0.717, 1.165) is 15.0 Å². The van der Waals surface area contributed by atoms with Crippen molar-refractivity contribution in [3.63, 3.8) is 0 Å². The molecule has 0 amide bonds. The average Bonchev–Trinajstić information content (AvgIpc) is 2.72. The highest BCUT2D eigenvalue weighted by molar-refractivity contribution is 9.10. The maximum atomic E-state index is 10.6. The number of nitro benzene ring substituents is 1. The molecule has 0 fully saturated rings. The summed E-state index contributed by atoms with van der Waals surface area (Å²) in [5, 5.41) is 15.9. The minimum atomic E-state index is -0.498. The molecule has 0 saturated heterocycles. The van der Waals surface area contributed by atoms with Crippen molar-refractivity contribution >= 4 is 50.2 Å². The van der Waals surface area contributed by atoms with Crippen molar-refractivity contribution in [1.29, 1.82) is 0 Å². The Morgan fingerprint density at radius 3 is 2.78 bits per heavy atom. The Morgan fingerprint density at radius 2 is 2.22 bits per heavy atom. The Bertz CT molecular complexity index is 588. The summed E-state index contributed by atoms with van der Waals surface area (Å²) in [6.07, 6.45) is 0. The van der Waals surface area contributed by atoms with Crippen LogP contribution < -0.4 is 5.32 Å². The SMILES string of the molecule is O=[N+]([O-])c1ccc(NCc2cc(Br)cs2)cc1Cl. The molecule has 2 aromatic rings. The van der Waals surface area contributed by atoms with Crippen LogP contribution in [0.2, 0.25) is 5.02 Å². The summed E-state index contributed by atoms with van der Waals surface area (Å²) in [5.41, 5.74) is 0.677. The molecule has 0 aliphatic heterocycles. The Kier molecular flexibility index (Phi) is 4.21. The van der Waals surface area contributed by atoms with Crippen molar-refractivity contribution in [2.75, 3.05) is 5.32 Å². The van der Waals surface area contributed by atoms with Gasteiger partial charge in [-0.2, -0.15) is 0 Å². The topological polar surface area (TPSA) is 55.2 Å². The second kappa shape index (κ2) is 5.69. The number of benzene rings is 1. The van der Waals surface area contributed by atoms with Gasteiger partial charge in [0.05, 0.1) is 4.92 Å². The van der Waals surface area contributed by atoms with E-state index in [2.05, 4.69) is 21.2 Å². The summed E-state index contributed by atoms with van der Waals surface area (Å²) in [4.78, 5) is 11.3. The molecule has 0 aliphatic carbocycles. The molecule has 0 aliphatic rings. The number of nitrogens with zero attached hydrogens (tertiary/aromatic N) is 1. The van der Waals surface area contributed by atoms with E-state index in [4.69, 9.17) is 11.6 Å². The molecular weight excluding hydrogens is 340 g/mol. The van der Waals surface area contributed by atoms with Gasteiger partial charge in [-0.25, -0.2) is 0 Å². The molecule has 1 heterocycles. The van der Waals surface area contributed by atoms with Crippen molar-refractivity contribution in [2.24, 2.45) is 0 Å². The first-order chi connectivity index (χ1) is 8.56. The van der Waals surface area contributed by atoms with Crippen LogP contribution in [-0.4, -0.2) is 4.92 Å². The van der Waals surface area contributed by atoms with E-state index in [1.165, 1.54) is 6.07 Å². The molecule has 0 spiro atoms. The summed E-state index contributed by atoms with van der Waals surface area (Å²) in [6, 6.07) is 6.62. The predicted octanol–water partition coefficient (Wildman–Crippen LogP) is 4.68. The van der Waals surface area contributed by atoms with E-state index in [0.29, 0.717) is 6.54 Å². The van der Waals surface area contributed by atoms with Crippen molar-refractivity contribution in [3.8, 4) is 0 Å². The second-order valence-electron chi connectivity index (χ2n) is 3.51. The number of hydrogen-bond donors (Lipinski definition) is 1. The fraction of sp³-hybridized carbons (Fsp3) is 0.0909. The standard InChI is InChI=1S/C11H8BrClN2O2S/c12-7-3-9(18-6-7)5-14-8-1-2-11(15(16)17)10(13)4-8/h1-4,6,14H,5H2. The second-order valence-corrected chi connectivity index (χ2v) is 5.83. The first kappa shape index (κ1) is 13.3. The van der Waals surface area contributed by atoms with Crippen LogP contribution in [0.4, 0.5) is 11.4 Å². The molecule has 7 heteroatoms. The number of halogens is 2. The van der Waals surface area contributed by atoms with E-state index in [-0.39, 0.29) is 10.7 Å². The monoisotopic (exact) mass is 346 g/mol. The lowest BCUT2D eigenvalue weighted by Crippen LogP contribution is -1.98. The number of rotatable bonds is 4. The molecule has 0 radical (unpaired) electrons. The molecule has 0 saturated carbocycles. The predicted molar refractivity (Wildman–Crippen MR) is 77.5 cm³/mol. The van der Waals surface area contributed by atoms with Gasteiger partial charge in [-0.15, -0.1) is 11.3 Å². The molecule has 18 heavy (non-hydrogen) atoms. The van der Waals surface area contributed by atoms with Crippen LogP contribution in [0.25, 0.3) is 0 Å². The summed E-state index contributed by atoms with van der Waals surface area (Å²) in [6.45, 7) is 0.657. The zero-order valence-corrected chi connectivity index (χ0v) is 12.2. The Morgan fingerprint density at radius 1 is 1.44 bits per heavy atom. The van der Waals surface area contributed by atoms with Gasteiger partial charge in [-0.1, -0.05) is 11.6 Å². The van der Waals surface area contributed by atoms with E-state index < -0.39 is 4.92 Å². The number of nitro groups is 1. The average molecular weight is 348 g/mol. The minimum Gasteiger partial charge on any atom is -0.380 e. The fourth-order valence-electron chi connectivity index (χ4n) is 1.40. The molecule has 1 N–H and O–H groups in total. The van der Waals surface area contributed by atoms with Crippen molar-refractivity contribution in [2.45, 2.75) is 6.54 Å². The summed E-state index contributed by atoms with van der Waals surface area (Å²) in [7, 11) is 0. The molecular formula is C11H8BrClN2O2S. The van der Waals surface area contributed by atoms with Gasteiger partial charge in [0.25, 0.3) is 5.69 Å². The highest BCUT2D eigenvalue weighted by Gasteiger charge is 2.11. The van der Waals surface area contributed by atoms with Crippen LogP contribution in [0, 0.1) is 10.1 Å². The minimum absolute atomic E-state index is 0.0823. The number of anilines is 1. The van der Waals surface area contributed by atoms with Crippen LogP contribution in [0.15, 0.2) is 34.1 Å². The van der Waals surface area contributed by atoms with Gasteiger partial charge in [0.15, 0.2) is 0 Å². The van der Waals surface area contributed by atoms with Crippen molar-refractivity contribution in [1.82, 2.24) is 0 Å². The lowest BCUT2D eigenvalue weighted by molar-refractivity contribution is -0.384. The van der Waals surface area contributed by atoms with Gasteiger partial charge in [-0.05, 0) is 34.1 Å². The van der Waals surface area contributed by atoms with Gasteiger partial charge in [0.1, 0.15) is 5.02 Å². The van der Waals surface area contributed by atoms with E-state index >= 15 is 0 Å². The van der Waals surface area contributed by atoms with E-state index in [9.17, 15) is 10.1 Å². The van der Waals surface area contributed by atoms with Crippen LogP contribution >= 0.6 is 38.9 Å². The maximum absolute atomic E-state index is 10.6. The van der Waals surface area contributed by atoms with Gasteiger partial charge in [-0.3, -0.25) is 10.1 Å². The molecule has 4 nitrogen and oxygen atoms in total. The third kappa shape index (κ3) is 3.22. The Balaban J connectivity index is 2.06. The van der Waals surface area contributed by atoms with Crippen LogP contribution in [0.5, 0.6) is 0 Å². The molecule has 2 rings (SSSR count). The van der Waals surface area contributed by atoms with E-state index in [1.54, 1.807) is 23.5 Å². The van der Waals surface area contributed by atoms with Crippen LogP contribution in [-0.2, 0) is 6.54 Å². The number of hydrogen-bond acceptors (Lipinski definition) is 4. The zero-order chi connectivity index (χ0) is 13.1. The van der Waals surface area contributed by atoms with E-state index in [1.807, 2.05) is 11.4 Å². The Hall–Kier alpha value is -1.11. The third-order valence-corrected chi connectivity index (χ3v) is 4.23. The van der Waals surface area contributed by atoms with Crippen LogP contribution in [0.3, 0.4) is 0 Å².